The lowest BCUT2D eigenvalue weighted by Gasteiger charge is -2.18. The van der Waals surface area contributed by atoms with E-state index in [1.165, 1.54) is 7.11 Å². The van der Waals surface area contributed by atoms with Gasteiger partial charge < -0.3 is 9.47 Å². The Morgan fingerprint density at radius 2 is 1.91 bits per heavy atom. The van der Waals surface area contributed by atoms with Crippen LogP contribution >= 0.6 is 0 Å². The number of hydrogen-bond acceptors (Lipinski definition) is 5. The lowest BCUT2D eigenvalue weighted by atomic mass is 10.0. The number of carbonyl (C=O) groups excluding carboxylic acids is 2. The molecule has 0 amide bonds. The van der Waals surface area contributed by atoms with Crippen LogP contribution in [0.25, 0.3) is 11.1 Å². The molecule has 1 aromatic heterocycles. The zero-order valence-electron chi connectivity index (χ0n) is 13.9. The molecule has 0 saturated heterocycles. The van der Waals surface area contributed by atoms with E-state index in [0.29, 0.717) is 5.56 Å². The van der Waals surface area contributed by atoms with Crippen molar-refractivity contribution >= 4 is 12.1 Å². The number of hydrogen-bond donors (Lipinski definition) is 0. The van der Waals surface area contributed by atoms with E-state index in [-0.39, 0.29) is 5.97 Å². The molecule has 0 bridgehead atoms. The van der Waals surface area contributed by atoms with Gasteiger partial charge in [0.15, 0.2) is 0 Å². The Kier molecular flexibility index (Phi) is 4.54. The molecular formula is C17H20N2O4. The van der Waals surface area contributed by atoms with Crippen molar-refractivity contribution in [2.24, 2.45) is 0 Å². The number of carbonyl (C=O) groups is 2. The van der Waals surface area contributed by atoms with Gasteiger partial charge in [0.1, 0.15) is 5.60 Å². The monoisotopic (exact) mass is 316 g/mol. The highest BCUT2D eigenvalue weighted by Crippen LogP contribution is 2.24. The minimum absolute atomic E-state index is 0.385. The van der Waals surface area contributed by atoms with Gasteiger partial charge in [-0.2, -0.15) is 9.78 Å². The van der Waals surface area contributed by atoms with Crippen LogP contribution in [0.3, 0.4) is 0 Å². The number of aryl methyl sites for hydroxylation is 1. The lowest BCUT2D eigenvalue weighted by molar-refractivity contribution is 0.0513. The van der Waals surface area contributed by atoms with Gasteiger partial charge in [-0.05, 0) is 51.0 Å². The van der Waals surface area contributed by atoms with E-state index >= 15 is 0 Å². The summed E-state index contributed by atoms with van der Waals surface area (Å²) in [6, 6.07) is 5.23. The SMILES string of the molecule is COC(=O)c1ccc(-c2cnn(C(=O)OC(C)(C)C)c2)c(C)c1. The summed E-state index contributed by atoms with van der Waals surface area (Å²) in [4.78, 5) is 23.5. The first-order valence-electron chi connectivity index (χ1n) is 7.18. The summed E-state index contributed by atoms with van der Waals surface area (Å²) in [5.41, 5.74) is 2.43. The highest BCUT2D eigenvalue weighted by Gasteiger charge is 2.19. The summed E-state index contributed by atoms with van der Waals surface area (Å²) < 4.78 is 11.1. The Morgan fingerprint density at radius 3 is 2.48 bits per heavy atom. The lowest BCUT2D eigenvalue weighted by Crippen LogP contribution is -2.27. The van der Waals surface area contributed by atoms with Gasteiger partial charge in [-0.3, -0.25) is 0 Å². The first-order valence-corrected chi connectivity index (χ1v) is 7.18. The molecule has 6 heteroatoms. The number of nitrogens with zero attached hydrogens (tertiary/aromatic N) is 2. The number of aromatic nitrogens is 2. The maximum Gasteiger partial charge on any atom is 0.435 e. The molecule has 0 aliphatic heterocycles. The van der Waals surface area contributed by atoms with Crippen LogP contribution in [-0.4, -0.2) is 34.6 Å². The van der Waals surface area contributed by atoms with E-state index in [2.05, 4.69) is 5.10 Å². The average Bonchev–Trinajstić information content (AvgIpc) is 2.94. The molecule has 0 fully saturated rings. The van der Waals surface area contributed by atoms with E-state index in [9.17, 15) is 9.59 Å². The highest BCUT2D eigenvalue weighted by molar-refractivity contribution is 5.90. The first kappa shape index (κ1) is 16.7. The minimum atomic E-state index is -0.582. The average molecular weight is 316 g/mol. The maximum atomic E-state index is 12.0. The maximum absolute atomic E-state index is 12.0. The van der Waals surface area contributed by atoms with Crippen LogP contribution in [0.2, 0.25) is 0 Å². The highest BCUT2D eigenvalue weighted by atomic mass is 16.6. The van der Waals surface area contributed by atoms with E-state index < -0.39 is 11.7 Å². The standard InChI is InChI=1S/C17H20N2O4/c1-11-8-12(15(20)22-5)6-7-14(11)13-9-18-19(10-13)16(21)23-17(2,3)4/h6-10H,1-5H3. The van der Waals surface area contributed by atoms with Crippen LogP contribution in [0.15, 0.2) is 30.6 Å². The third-order valence-corrected chi connectivity index (χ3v) is 3.12. The predicted molar refractivity (Wildman–Crippen MR) is 85.4 cm³/mol. The zero-order valence-corrected chi connectivity index (χ0v) is 13.9. The quantitative estimate of drug-likeness (QED) is 0.794. The van der Waals surface area contributed by atoms with Crippen molar-refractivity contribution in [1.82, 2.24) is 9.78 Å². The van der Waals surface area contributed by atoms with Crippen LogP contribution in [0.5, 0.6) is 0 Å². The first-order chi connectivity index (χ1) is 10.7. The molecule has 0 aliphatic rings. The van der Waals surface area contributed by atoms with Gasteiger partial charge in [-0.15, -0.1) is 0 Å². The molecule has 0 spiro atoms. The largest absolute Gasteiger partial charge is 0.465 e. The van der Waals surface area contributed by atoms with Crippen LogP contribution in [0.4, 0.5) is 4.79 Å². The summed E-state index contributed by atoms with van der Waals surface area (Å²) in [5, 5.41) is 4.04. The molecule has 0 saturated carbocycles. The summed E-state index contributed by atoms with van der Waals surface area (Å²) in [5.74, 6) is -0.385. The van der Waals surface area contributed by atoms with Crippen LogP contribution < -0.4 is 0 Å². The molecule has 6 nitrogen and oxygen atoms in total. The van der Waals surface area contributed by atoms with Crippen LogP contribution in [0, 0.1) is 6.92 Å². The molecule has 0 aliphatic carbocycles. The fourth-order valence-corrected chi connectivity index (χ4v) is 2.10. The Balaban J connectivity index is 2.27. The zero-order chi connectivity index (χ0) is 17.2. The van der Waals surface area contributed by atoms with E-state index in [1.807, 2.05) is 6.92 Å². The molecule has 0 atom stereocenters. The molecular weight excluding hydrogens is 296 g/mol. The summed E-state index contributed by atoms with van der Waals surface area (Å²) >= 11 is 0. The third kappa shape index (κ3) is 3.97. The topological polar surface area (TPSA) is 70.4 Å². The summed E-state index contributed by atoms with van der Waals surface area (Å²) in [6.45, 7) is 7.27. The predicted octanol–water partition coefficient (Wildman–Crippen LogP) is 3.43. The molecule has 2 rings (SSSR count). The number of esters is 1. The van der Waals surface area contributed by atoms with Gasteiger partial charge in [0.2, 0.25) is 0 Å². The van der Waals surface area contributed by atoms with Crippen molar-refractivity contribution < 1.29 is 19.1 Å². The second kappa shape index (κ2) is 6.24. The normalized spacial score (nSPS) is 11.2. The minimum Gasteiger partial charge on any atom is -0.465 e. The Labute approximate surface area is 135 Å². The van der Waals surface area contributed by atoms with Crippen LogP contribution in [-0.2, 0) is 9.47 Å². The van der Waals surface area contributed by atoms with Crippen molar-refractivity contribution in [3.05, 3.63) is 41.7 Å². The molecule has 122 valence electrons. The Bertz CT molecular complexity index is 741. The number of benzene rings is 1. The molecule has 1 heterocycles. The van der Waals surface area contributed by atoms with Gasteiger partial charge in [-0.25, -0.2) is 9.59 Å². The van der Waals surface area contributed by atoms with Crippen LogP contribution in [0.1, 0.15) is 36.7 Å². The molecule has 1 aromatic carbocycles. The smallest absolute Gasteiger partial charge is 0.435 e. The van der Waals surface area contributed by atoms with Gasteiger partial charge >= 0.3 is 12.1 Å². The molecule has 0 radical (unpaired) electrons. The van der Waals surface area contributed by atoms with Gasteiger partial charge in [0, 0.05) is 11.8 Å². The Morgan fingerprint density at radius 1 is 1.22 bits per heavy atom. The third-order valence-electron chi connectivity index (χ3n) is 3.12. The van der Waals surface area contributed by atoms with Gasteiger partial charge in [0.05, 0.1) is 18.9 Å². The van der Waals surface area contributed by atoms with Gasteiger partial charge in [-0.1, -0.05) is 6.07 Å². The fourth-order valence-electron chi connectivity index (χ4n) is 2.10. The van der Waals surface area contributed by atoms with Crippen molar-refractivity contribution in [2.75, 3.05) is 7.11 Å². The van der Waals surface area contributed by atoms with E-state index in [4.69, 9.17) is 9.47 Å². The van der Waals surface area contributed by atoms with E-state index in [0.717, 1.165) is 21.4 Å². The molecule has 2 aromatic rings. The summed E-state index contributed by atoms with van der Waals surface area (Å²) in [6.07, 6.45) is 2.66. The van der Waals surface area contributed by atoms with E-state index in [1.54, 1.807) is 51.4 Å². The second-order valence-electron chi connectivity index (χ2n) is 6.18. The summed E-state index contributed by atoms with van der Waals surface area (Å²) in [7, 11) is 1.34. The number of rotatable bonds is 2. The fraction of sp³-hybridized carbons (Fsp3) is 0.353. The second-order valence-corrected chi connectivity index (χ2v) is 6.18. The van der Waals surface area contributed by atoms with Crippen molar-refractivity contribution in [3.8, 4) is 11.1 Å². The Hall–Kier alpha value is -2.63. The van der Waals surface area contributed by atoms with Crippen molar-refractivity contribution in [3.63, 3.8) is 0 Å². The number of ether oxygens (including phenoxy) is 2. The molecule has 0 unspecified atom stereocenters. The molecule has 23 heavy (non-hydrogen) atoms. The number of methoxy groups -OCH3 is 1. The molecule has 0 N–H and O–H groups in total. The van der Waals surface area contributed by atoms with Gasteiger partial charge in [0.25, 0.3) is 0 Å². The van der Waals surface area contributed by atoms with Crippen molar-refractivity contribution in [1.29, 1.82) is 0 Å². The van der Waals surface area contributed by atoms with Crippen molar-refractivity contribution in [2.45, 2.75) is 33.3 Å².